The van der Waals surface area contributed by atoms with E-state index in [1.807, 2.05) is 30.5 Å². The molecule has 0 amide bonds. The van der Waals surface area contributed by atoms with E-state index in [9.17, 15) is 0 Å². The van der Waals surface area contributed by atoms with Gasteiger partial charge in [-0.05, 0) is 31.5 Å². The molecule has 1 fully saturated rings. The fraction of sp³-hybridized carbons (Fsp3) is 0.346. The highest BCUT2D eigenvalue weighted by molar-refractivity contribution is 5.87. The van der Waals surface area contributed by atoms with Crippen LogP contribution in [-0.4, -0.2) is 76.2 Å². The van der Waals surface area contributed by atoms with Crippen molar-refractivity contribution >= 4 is 21.9 Å². The van der Waals surface area contributed by atoms with E-state index in [-0.39, 0.29) is 0 Å². The summed E-state index contributed by atoms with van der Waals surface area (Å²) in [5, 5.41) is 1.71. The Bertz CT molecular complexity index is 1330. The zero-order chi connectivity index (χ0) is 24.2. The number of ether oxygens (including phenoxy) is 3. The van der Waals surface area contributed by atoms with Gasteiger partial charge in [-0.2, -0.15) is 0 Å². The van der Waals surface area contributed by atoms with E-state index in [1.165, 1.54) is 6.33 Å². The van der Waals surface area contributed by atoms with Crippen LogP contribution in [0.5, 0.6) is 23.1 Å². The maximum absolute atomic E-state index is 6.14. The first-order chi connectivity index (χ1) is 17.1. The minimum absolute atomic E-state index is 0.439. The number of piperazine rings is 1. The van der Waals surface area contributed by atoms with Crippen LogP contribution in [0.25, 0.3) is 21.9 Å². The average Bonchev–Trinajstić information content (AvgIpc) is 3.35. The van der Waals surface area contributed by atoms with Gasteiger partial charge in [-0.25, -0.2) is 15.0 Å². The molecule has 9 heteroatoms. The number of nitrogens with one attached hydrogen (secondary N) is 1. The van der Waals surface area contributed by atoms with Crippen LogP contribution in [-0.2, 0) is 0 Å². The lowest BCUT2D eigenvalue weighted by Crippen LogP contribution is -2.45. The van der Waals surface area contributed by atoms with Crippen molar-refractivity contribution in [2.75, 3.05) is 46.4 Å². The van der Waals surface area contributed by atoms with Crippen molar-refractivity contribution in [3.8, 4) is 23.1 Å². The normalized spacial score (nSPS) is 14.4. The number of aromatic nitrogens is 4. The van der Waals surface area contributed by atoms with E-state index in [2.05, 4.69) is 43.2 Å². The van der Waals surface area contributed by atoms with Gasteiger partial charge in [0.1, 0.15) is 17.7 Å². The van der Waals surface area contributed by atoms with Crippen LogP contribution in [0, 0.1) is 0 Å². The molecule has 0 atom stereocenters. The van der Waals surface area contributed by atoms with E-state index in [0.717, 1.165) is 61.3 Å². The molecule has 0 aliphatic carbocycles. The summed E-state index contributed by atoms with van der Waals surface area (Å²) >= 11 is 0. The van der Waals surface area contributed by atoms with Crippen LogP contribution in [0.1, 0.15) is 13.3 Å². The Morgan fingerprint density at radius 2 is 1.94 bits per heavy atom. The smallest absolute Gasteiger partial charge is 0.230 e. The van der Waals surface area contributed by atoms with Gasteiger partial charge in [-0.3, -0.25) is 4.90 Å². The van der Waals surface area contributed by atoms with Crippen LogP contribution in [0.3, 0.4) is 0 Å². The molecule has 0 radical (unpaired) electrons. The molecule has 4 heterocycles. The summed E-state index contributed by atoms with van der Waals surface area (Å²) in [5.74, 6) is 2.32. The summed E-state index contributed by atoms with van der Waals surface area (Å²) in [6.45, 7) is 11.9. The second kappa shape index (κ2) is 10.2. The molecule has 182 valence electrons. The van der Waals surface area contributed by atoms with Gasteiger partial charge in [-0.15, -0.1) is 0 Å². The monoisotopic (exact) mass is 474 g/mol. The van der Waals surface area contributed by atoms with Crippen LogP contribution >= 0.6 is 0 Å². The third-order valence-corrected chi connectivity index (χ3v) is 6.26. The summed E-state index contributed by atoms with van der Waals surface area (Å²) in [5.41, 5.74) is 2.67. The van der Waals surface area contributed by atoms with Crippen molar-refractivity contribution in [3.63, 3.8) is 0 Å². The molecular formula is C26H30N6O3. The summed E-state index contributed by atoms with van der Waals surface area (Å²) in [6, 6.07) is 7.61. The predicted molar refractivity (Wildman–Crippen MR) is 135 cm³/mol. The Balaban J connectivity index is 1.27. The molecule has 9 nitrogen and oxygen atoms in total. The standard InChI is InChI=1S/C26H30N6O3/c1-18(2)32-10-8-31(9-11-32)7-4-12-34-24-14-21-22(15-23(24)33-3)29-17-30-26(21)35-20-13-19-5-6-27-25(19)28-16-20/h5-6,13-17H,1,4,7-12H2,2-3H3,(H,27,28). The first-order valence-corrected chi connectivity index (χ1v) is 11.8. The zero-order valence-corrected chi connectivity index (χ0v) is 20.2. The molecule has 3 aromatic heterocycles. The molecule has 35 heavy (non-hydrogen) atoms. The lowest BCUT2D eigenvalue weighted by atomic mass is 10.2. The Kier molecular flexibility index (Phi) is 6.67. The average molecular weight is 475 g/mol. The first-order valence-electron chi connectivity index (χ1n) is 11.8. The number of rotatable bonds is 9. The first kappa shape index (κ1) is 22.9. The number of hydrogen-bond donors (Lipinski definition) is 1. The second-order valence-corrected chi connectivity index (χ2v) is 8.65. The van der Waals surface area contributed by atoms with E-state index in [1.54, 1.807) is 13.3 Å². The molecule has 4 aromatic rings. The van der Waals surface area contributed by atoms with Crippen molar-refractivity contribution in [2.45, 2.75) is 13.3 Å². The lowest BCUT2D eigenvalue weighted by molar-refractivity contribution is 0.150. The van der Waals surface area contributed by atoms with Gasteiger partial charge in [0.25, 0.3) is 0 Å². The summed E-state index contributed by atoms with van der Waals surface area (Å²) in [6.07, 6.45) is 5.92. The van der Waals surface area contributed by atoms with E-state index in [4.69, 9.17) is 14.2 Å². The number of pyridine rings is 1. The fourth-order valence-corrected chi connectivity index (χ4v) is 4.30. The molecule has 5 rings (SSSR count). The number of aromatic amines is 1. The highest BCUT2D eigenvalue weighted by Crippen LogP contribution is 2.36. The van der Waals surface area contributed by atoms with E-state index in [0.29, 0.717) is 35.3 Å². The summed E-state index contributed by atoms with van der Waals surface area (Å²) in [7, 11) is 1.63. The van der Waals surface area contributed by atoms with Crippen molar-refractivity contribution in [3.05, 3.63) is 55.3 Å². The molecule has 0 bridgehead atoms. The van der Waals surface area contributed by atoms with Crippen molar-refractivity contribution in [1.82, 2.24) is 29.7 Å². The molecule has 1 N–H and O–H groups in total. The molecule has 1 aliphatic rings. The maximum atomic E-state index is 6.14. The summed E-state index contributed by atoms with van der Waals surface area (Å²) in [4.78, 5) is 21.0. The van der Waals surface area contributed by atoms with Crippen LogP contribution < -0.4 is 14.2 Å². The van der Waals surface area contributed by atoms with E-state index >= 15 is 0 Å². The molecule has 0 saturated carbocycles. The number of allylic oxidation sites excluding steroid dienone is 1. The molecule has 0 spiro atoms. The minimum atomic E-state index is 0.439. The third kappa shape index (κ3) is 5.14. The van der Waals surface area contributed by atoms with Gasteiger partial charge in [0.2, 0.25) is 5.88 Å². The van der Waals surface area contributed by atoms with Crippen molar-refractivity contribution in [2.24, 2.45) is 0 Å². The Morgan fingerprint density at radius 3 is 2.74 bits per heavy atom. The Hall–Kier alpha value is -3.85. The highest BCUT2D eigenvalue weighted by atomic mass is 16.5. The number of nitrogens with zero attached hydrogens (tertiary/aromatic N) is 5. The maximum Gasteiger partial charge on any atom is 0.230 e. The van der Waals surface area contributed by atoms with Gasteiger partial charge >= 0.3 is 0 Å². The minimum Gasteiger partial charge on any atom is -0.493 e. The van der Waals surface area contributed by atoms with Crippen molar-refractivity contribution < 1.29 is 14.2 Å². The third-order valence-electron chi connectivity index (χ3n) is 6.26. The molecular weight excluding hydrogens is 444 g/mol. The topological polar surface area (TPSA) is 88.6 Å². The Labute approximate surface area is 204 Å². The number of fused-ring (bicyclic) bond motifs is 2. The van der Waals surface area contributed by atoms with Gasteiger partial charge < -0.3 is 24.1 Å². The quantitative estimate of drug-likeness (QED) is 0.361. The van der Waals surface area contributed by atoms with E-state index < -0.39 is 0 Å². The highest BCUT2D eigenvalue weighted by Gasteiger charge is 2.17. The van der Waals surface area contributed by atoms with Crippen LogP contribution in [0.4, 0.5) is 0 Å². The molecule has 1 aliphatic heterocycles. The number of benzene rings is 1. The van der Waals surface area contributed by atoms with Gasteiger partial charge in [-0.1, -0.05) is 6.58 Å². The lowest BCUT2D eigenvalue weighted by Gasteiger charge is -2.36. The van der Waals surface area contributed by atoms with Crippen LogP contribution in [0.15, 0.2) is 55.3 Å². The van der Waals surface area contributed by atoms with Gasteiger partial charge in [0, 0.05) is 56.1 Å². The van der Waals surface area contributed by atoms with Gasteiger partial charge in [0.15, 0.2) is 11.5 Å². The number of methoxy groups -OCH3 is 1. The Morgan fingerprint density at radius 1 is 1.09 bits per heavy atom. The predicted octanol–water partition coefficient (Wildman–Crippen LogP) is 4.23. The fourth-order valence-electron chi connectivity index (χ4n) is 4.30. The summed E-state index contributed by atoms with van der Waals surface area (Å²) < 4.78 is 17.8. The number of H-pyrrole nitrogens is 1. The molecule has 0 unspecified atom stereocenters. The van der Waals surface area contributed by atoms with Crippen LogP contribution in [0.2, 0.25) is 0 Å². The SMILES string of the molecule is C=C(C)N1CCN(CCCOc2cc3c(Oc4cnc5[nH]ccc5c4)ncnc3cc2OC)CC1. The largest absolute Gasteiger partial charge is 0.493 e. The molecule has 1 saturated heterocycles. The second-order valence-electron chi connectivity index (χ2n) is 8.65. The number of hydrogen-bond acceptors (Lipinski definition) is 8. The van der Waals surface area contributed by atoms with Crippen molar-refractivity contribution in [1.29, 1.82) is 0 Å². The molecule has 1 aromatic carbocycles. The van der Waals surface area contributed by atoms with Gasteiger partial charge in [0.05, 0.1) is 30.8 Å². The zero-order valence-electron chi connectivity index (χ0n) is 20.2.